The molecule has 2 rings (SSSR count). The van der Waals surface area contributed by atoms with Gasteiger partial charge in [-0.25, -0.2) is 4.90 Å². The standard InChI is InChI=1S/C10H9BrN2O3/c11-7-3-6(12)1-2-8(7)13-9(14)4-16-5-10(13)15/h1-3H,4-5,12H2. The van der Waals surface area contributed by atoms with Gasteiger partial charge >= 0.3 is 0 Å². The Bertz CT molecular complexity index is 445. The van der Waals surface area contributed by atoms with E-state index in [1.165, 1.54) is 0 Å². The quantitative estimate of drug-likeness (QED) is 0.615. The van der Waals surface area contributed by atoms with Gasteiger partial charge in [0.1, 0.15) is 13.2 Å². The fraction of sp³-hybridized carbons (Fsp3) is 0.200. The molecule has 1 fully saturated rings. The summed E-state index contributed by atoms with van der Waals surface area (Å²) in [7, 11) is 0. The lowest BCUT2D eigenvalue weighted by Gasteiger charge is -2.25. The normalized spacial score (nSPS) is 16.7. The highest BCUT2D eigenvalue weighted by Crippen LogP contribution is 2.29. The van der Waals surface area contributed by atoms with Crippen molar-refractivity contribution in [2.75, 3.05) is 23.8 Å². The molecule has 1 aromatic carbocycles. The molecule has 0 bridgehead atoms. The minimum Gasteiger partial charge on any atom is -0.399 e. The molecule has 1 heterocycles. The van der Waals surface area contributed by atoms with Crippen LogP contribution in [0, 0.1) is 0 Å². The van der Waals surface area contributed by atoms with Crippen molar-refractivity contribution in [3.63, 3.8) is 0 Å². The first-order valence-electron chi connectivity index (χ1n) is 4.58. The molecule has 1 aliphatic rings. The molecule has 16 heavy (non-hydrogen) atoms. The number of amides is 2. The van der Waals surface area contributed by atoms with Gasteiger partial charge in [0.2, 0.25) is 0 Å². The van der Waals surface area contributed by atoms with Crippen LogP contribution in [0.3, 0.4) is 0 Å². The number of hydrogen-bond donors (Lipinski definition) is 1. The maximum Gasteiger partial charge on any atom is 0.259 e. The van der Waals surface area contributed by atoms with E-state index in [0.29, 0.717) is 15.8 Å². The molecule has 2 amide bonds. The number of carbonyl (C=O) groups excluding carboxylic acids is 2. The topological polar surface area (TPSA) is 72.6 Å². The molecule has 1 aromatic rings. The number of nitrogen functional groups attached to an aromatic ring is 1. The van der Waals surface area contributed by atoms with Crippen LogP contribution in [0.15, 0.2) is 22.7 Å². The van der Waals surface area contributed by atoms with Gasteiger partial charge in [-0.2, -0.15) is 0 Å². The molecule has 0 radical (unpaired) electrons. The van der Waals surface area contributed by atoms with Gasteiger partial charge in [-0.05, 0) is 34.1 Å². The first kappa shape index (κ1) is 11.1. The van der Waals surface area contributed by atoms with Crippen LogP contribution in [0.4, 0.5) is 11.4 Å². The van der Waals surface area contributed by atoms with E-state index < -0.39 is 0 Å². The minimum absolute atomic E-state index is 0.0808. The average molecular weight is 285 g/mol. The van der Waals surface area contributed by atoms with Crippen molar-refractivity contribution in [2.45, 2.75) is 0 Å². The molecule has 0 aromatic heterocycles. The van der Waals surface area contributed by atoms with Crippen LogP contribution >= 0.6 is 15.9 Å². The zero-order valence-electron chi connectivity index (χ0n) is 8.27. The Morgan fingerprint density at radius 2 is 1.88 bits per heavy atom. The average Bonchev–Trinajstić information content (AvgIpc) is 2.20. The van der Waals surface area contributed by atoms with Crippen molar-refractivity contribution in [3.05, 3.63) is 22.7 Å². The van der Waals surface area contributed by atoms with Gasteiger partial charge in [-0.1, -0.05) is 0 Å². The highest BCUT2D eigenvalue weighted by Gasteiger charge is 2.29. The smallest absolute Gasteiger partial charge is 0.259 e. The van der Waals surface area contributed by atoms with Gasteiger partial charge in [0, 0.05) is 10.2 Å². The lowest BCUT2D eigenvalue weighted by molar-refractivity contribution is -0.138. The molecule has 0 saturated carbocycles. The fourth-order valence-corrected chi connectivity index (χ4v) is 2.04. The van der Waals surface area contributed by atoms with E-state index in [1.807, 2.05) is 0 Å². The van der Waals surface area contributed by atoms with Gasteiger partial charge in [-0.15, -0.1) is 0 Å². The van der Waals surface area contributed by atoms with Crippen molar-refractivity contribution < 1.29 is 14.3 Å². The third-order valence-electron chi connectivity index (χ3n) is 2.16. The number of benzene rings is 1. The predicted octanol–water partition coefficient (Wildman–Crippen LogP) is 0.921. The summed E-state index contributed by atoms with van der Waals surface area (Å²) in [4.78, 5) is 24.2. The van der Waals surface area contributed by atoms with Crippen molar-refractivity contribution in [1.29, 1.82) is 0 Å². The fourth-order valence-electron chi connectivity index (χ4n) is 1.47. The Labute approximate surface area is 100 Å². The molecule has 84 valence electrons. The summed E-state index contributed by atoms with van der Waals surface area (Å²) in [6.45, 7) is -0.162. The second kappa shape index (κ2) is 4.23. The maximum absolute atomic E-state index is 11.6. The third-order valence-corrected chi connectivity index (χ3v) is 2.80. The SMILES string of the molecule is Nc1ccc(N2C(=O)COCC2=O)c(Br)c1. The summed E-state index contributed by atoms with van der Waals surface area (Å²) in [6, 6.07) is 4.90. The monoisotopic (exact) mass is 284 g/mol. The highest BCUT2D eigenvalue weighted by molar-refractivity contribution is 9.10. The molecule has 1 saturated heterocycles. The van der Waals surface area contributed by atoms with Crippen LogP contribution in [-0.4, -0.2) is 25.0 Å². The molecule has 2 N–H and O–H groups in total. The molecular weight excluding hydrogens is 276 g/mol. The number of halogens is 1. The van der Waals surface area contributed by atoms with Crippen molar-refractivity contribution in [2.24, 2.45) is 0 Å². The second-order valence-corrected chi connectivity index (χ2v) is 4.18. The van der Waals surface area contributed by atoms with Crippen LogP contribution < -0.4 is 10.6 Å². The van der Waals surface area contributed by atoms with Gasteiger partial charge < -0.3 is 10.5 Å². The number of nitrogens with two attached hydrogens (primary N) is 1. The Morgan fingerprint density at radius 3 is 2.44 bits per heavy atom. The van der Waals surface area contributed by atoms with Gasteiger partial charge in [0.05, 0.1) is 5.69 Å². The molecule has 1 aliphatic heterocycles. The Hall–Kier alpha value is -1.40. The van der Waals surface area contributed by atoms with Crippen LogP contribution in [0.2, 0.25) is 0 Å². The maximum atomic E-state index is 11.6. The zero-order valence-corrected chi connectivity index (χ0v) is 9.86. The van der Waals surface area contributed by atoms with Crippen LogP contribution in [0.25, 0.3) is 0 Å². The van der Waals surface area contributed by atoms with Crippen molar-refractivity contribution in [1.82, 2.24) is 0 Å². The van der Waals surface area contributed by atoms with Crippen LogP contribution in [-0.2, 0) is 14.3 Å². The number of morpholine rings is 1. The number of hydrogen-bond acceptors (Lipinski definition) is 4. The molecule has 0 unspecified atom stereocenters. The zero-order chi connectivity index (χ0) is 11.7. The number of imide groups is 1. The molecule has 0 atom stereocenters. The number of nitrogens with zero attached hydrogens (tertiary/aromatic N) is 1. The summed E-state index contributed by atoms with van der Waals surface area (Å²) >= 11 is 3.27. The lowest BCUT2D eigenvalue weighted by Crippen LogP contribution is -2.46. The first-order valence-corrected chi connectivity index (χ1v) is 5.37. The predicted molar refractivity (Wildman–Crippen MR) is 61.9 cm³/mol. The van der Waals surface area contributed by atoms with Gasteiger partial charge in [0.25, 0.3) is 11.8 Å². The molecule has 0 aliphatic carbocycles. The number of anilines is 2. The third kappa shape index (κ3) is 1.94. The highest BCUT2D eigenvalue weighted by atomic mass is 79.9. The second-order valence-electron chi connectivity index (χ2n) is 3.33. The van der Waals surface area contributed by atoms with Crippen LogP contribution in [0.5, 0.6) is 0 Å². The van der Waals surface area contributed by atoms with E-state index in [9.17, 15) is 9.59 Å². The number of carbonyl (C=O) groups is 2. The summed E-state index contributed by atoms with van der Waals surface area (Å²) in [5.41, 5.74) is 6.64. The lowest BCUT2D eigenvalue weighted by atomic mass is 10.2. The van der Waals surface area contributed by atoms with E-state index in [0.717, 1.165) is 4.90 Å². The Kier molecular flexibility index (Phi) is 2.93. The molecular formula is C10H9BrN2O3. The van der Waals surface area contributed by atoms with E-state index in [2.05, 4.69) is 15.9 Å². The van der Waals surface area contributed by atoms with Crippen molar-refractivity contribution in [3.8, 4) is 0 Å². The van der Waals surface area contributed by atoms with Gasteiger partial charge in [0.15, 0.2) is 0 Å². The molecule has 6 heteroatoms. The largest absolute Gasteiger partial charge is 0.399 e. The van der Waals surface area contributed by atoms with Gasteiger partial charge in [-0.3, -0.25) is 9.59 Å². The van der Waals surface area contributed by atoms with E-state index in [4.69, 9.17) is 10.5 Å². The number of ether oxygens (including phenoxy) is 1. The van der Waals surface area contributed by atoms with E-state index in [-0.39, 0.29) is 25.0 Å². The first-order chi connectivity index (χ1) is 7.59. The Balaban J connectivity index is 2.42. The Morgan fingerprint density at radius 1 is 1.25 bits per heavy atom. The molecule has 0 spiro atoms. The molecule has 5 nitrogen and oxygen atoms in total. The summed E-state index contributed by atoms with van der Waals surface area (Å²) in [5, 5.41) is 0. The minimum atomic E-state index is -0.373. The van der Waals surface area contributed by atoms with Crippen LogP contribution in [0.1, 0.15) is 0 Å². The summed E-state index contributed by atoms with van der Waals surface area (Å²) in [6.07, 6.45) is 0. The van der Waals surface area contributed by atoms with E-state index in [1.54, 1.807) is 18.2 Å². The van der Waals surface area contributed by atoms with Crippen molar-refractivity contribution >= 4 is 39.1 Å². The number of rotatable bonds is 1. The summed E-state index contributed by atoms with van der Waals surface area (Å²) in [5.74, 6) is -0.747. The van der Waals surface area contributed by atoms with E-state index >= 15 is 0 Å². The summed E-state index contributed by atoms with van der Waals surface area (Å²) < 4.78 is 5.44.